The summed E-state index contributed by atoms with van der Waals surface area (Å²) in [6.07, 6.45) is 1.10. The zero-order chi connectivity index (χ0) is 15.4. The van der Waals surface area contributed by atoms with E-state index in [4.69, 9.17) is 4.42 Å². The Labute approximate surface area is 127 Å². The zero-order valence-corrected chi connectivity index (χ0v) is 13.9. The number of rotatable bonds is 2. The fourth-order valence-electron chi connectivity index (χ4n) is 3.41. The Bertz CT molecular complexity index is 834. The summed E-state index contributed by atoms with van der Waals surface area (Å²) in [5.41, 5.74) is 7.43. The van der Waals surface area contributed by atoms with Crippen LogP contribution in [0.1, 0.15) is 49.4 Å². The minimum atomic E-state index is 0.125. The molecule has 0 N–H and O–H groups in total. The van der Waals surface area contributed by atoms with Crippen molar-refractivity contribution in [1.29, 1.82) is 0 Å². The predicted molar refractivity (Wildman–Crippen MR) is 91.2 cm³/mol. The van der Waals surface area contributed by atoms with Gasteiger partial charge in [-0.3, -0.25) is 0 Å². The van der Waals surface area contributed by atoms with Crippen LogP contribution in [0.2, 0.25) is 0 Å². The number of aryl methyl sites for hydroxylation is 3. The molecule has 3 aromatic rings. The highest BCUT2D eigenvalue weighted by molar-refractivity contribution is 6.07. The number of hydrogen-bond acceptors (Lipinski definition) is 1. The van der Waals surface area contributed by atoms with Crippen LogP contribution < -0.4 is 0 Å². The summed E-state index contributed by atoms with van der Waals surface area (Å²) in [6.45, 7) is 13.3. The first kappa shape index (κ1) is 14.2. The smallest absolute Gasteiger partial charge is 0.139 e. The average molecular weight is 280 g/mol. The Hall–Kier alpha value is -1.76. The van der Waals surface area contributed by atoms with Crippen LogP contribution in [0.25, 0.3) is 21.9 Å². The van der Waals surface area contributed by atoms with Crippen molar-refractivity contribution in [3.05, 3.63) is 46.5 Å². The van der Waals surface area contributed by atoms with E-state index in [1.807, 2.05) is 0 Å². The van der Waals surface area contributed by atoms with Gasteiger partial charge in [-0.15, -0.1) is 0 Å². The van der Waals surface area contributed by atoms with E-state index in [-0.39, 0.29) is 5.41 Å². The summed E-state index contributed by atoms with van der Waals surface area (Å²) in [5.74, 6) is 0. The molecule has 0 saturated carbocycles. The van der Waals surface area contributed by atoms with Crippen LogP contribution in [0.3, 0.4) is 0 Å². The second kappa shape index (κ2) is 4.62. The number of fused-ring (bicyclic) bond motifs is 3. The number of hydrogen-bond donors (Lipinski definition) is 0. The van der Waals surface area contributed by atoms with Crippen LogP contribution in [0.15, 0.2) is 28.7 Å². The van der Waals surface area contributed by atoms with Crippen molar-refractivity contribution >= 4 is 21.9 Å². The third-order valence-electron chi connectivity index (χ3n) is 4.84. The van der Waals surface area contributed by atoms with Crippen LogP contribution in [0.5, 0.6) is 0 Å². The summed E-state index contributed by atoms with van der Waals surface area (Å²) in [6, 6.07) is 8.89. The lowest BCUT2D eigenvalue weighted by atomic mass is 9.79. The van der Waals surface area contributed by atoms with Gasteiger partial charge in [0, 0.05) is 16.3 Å². The standard InChI is InChI=1S/C20H24O/c1-7-20(5,6)17-13(3)8-9-15-16-11-12(2)10-14(4)18(16)21-19(15)17/h8-11H,7H2,1-6H3. The Morgan fingerprint density at radius 2 is 1.62 bits per heavy atom. The molecule has 0 radical (unpaired) electrons. The molecule has 2 aromatic carbocycles. The van der Waals surface area contributed by atoms with Crippen molar-refractivity contribution < 1.29 is 4.42 Å². The summed E-state index contributed by atoms with van der Waals surface area (Å²) in [7, 11) is 0. The quantitative estimate of drug-likeness (QED) is 0.544. The Balaban J connectivity index is 2.50. The van der Waals surface area contributed by atoms with E-state index < -0.39 is 0 Å². The van der Waals surface area contributed by atoms with Crippen LogP contribution in [0.4, 0.5) is 0 Å². The summed E-state index contributed by atoms with van der Waals surface area (Å²) in [5, 5.41) is 2.49. The monoisotopic (exact) mass is 280 g/mol. The van der Waals surface area contributed by atoms with Crippen molar-refractivity contribution in [3.8, 4) is 0 Å². The minimum Gasteiger partial charge on any atom is -0.455 e. The lowest BCUT2D eigenvalue weighted by molar-refractivity contribution is 0.497. The molecule has 1 heteroatoms. The SMILES string of the molecule is CCC(C)(C)c1c(C)ccc2c1oc1c(C)cc(C)cc12. The molecule has 1 heterocycles. The van der Waals surface area contributed by atoms with Gasteiger partial charge in [0.1, 0.15) is 11.2 Å². The fourth-order valence-corrected chi connectivity index (χ4v) is 3.41. The van der Waals surface area contributed by atoms with Crippen molar-refractivity contribution in [3.63, 3.8) is 0 Å². The normalized spacial score (nSPS) is 12.5. The van der Waals surface area contributed by atoms with Gasteiger partial charge in [0.05, 0.1) is 0 Å². The van der Waals surface area contributed by atoms with Gasteiger partial charge in [0.25, 0.3) is 0 Å². The Kier molecular flexibility index (Phi) is 3.12. The van der Waals surface area contributed by atoms with Crippen molar-refractivity contribution in [2.45, 2.75) is 53.4 Å². The van der Waals surface area contributed by atoms with E-state index in [9.17, 15) is 0 Å². The average Bonchev–Trinajstić information content (AvgIpc) is 2.77. The fraction of sp³-hybridized carbons (Fsp3) is 0.400. The first-order valence-corrected chi connectivity index (χ1v) is 7.78. The molecule has 0 aliphatic heterocycles. The van der Waals surface area contributed by atoms with Crippen LogP contribution in [-0.2, 0) is 5.41 Å². The molecule has 21 heavy (non-hydrogen) atoms. The van der Waals surface area contributed by atoms with Gasteiger partial charge < -0.3 is 4.42 Å². The molecule has 0 aliphatic rings. The van der Waals surface area contributed by atoms with Crippen LogP contribution in [-0.4, -0.2) is 0 Å². The van der Waals surface area contributed by atoms with Gasteiger partial charge >= 0.3 is 0 Å². The topological polar surface area (TPSA) is 13.1 Å². The molecule has 1 nitrogen and oxygen atoms in total. The lowest BCUT2D eigenvalue weighted by Gasteiger charge is -2.25. The highest BCUT2D eigenvalue weighted by Gasteiger charge is 2.26. The molecule has 0 bridgehead atoms. The lowest BCUT2D eigenvalue weighted by Crippen LogP contribution is -2.17. The molecule has 110 valence electrons. The molecule has 0 atom stereocenters. The summed E-state index contributed by atoms with van der Waals surface area (Å²) >= 11 is 0. The van der Waals surface area contributed by atoms with Gasteiger partial charge in [0.2, 0.25) is 0 Å². The maximum Gasteiger partial charge on any atom is 0.139 e. The van der Waals surface area contributed by atoms with Crippen molar-refractivity contribution in [2.75, 3.05) is 0 Å². The predicted octanol–water partition coefficient (Wildman–Crippen LogP) is 6.20. The molecule has 3 rings (SSSR count). The molecular weight excluding hydrogens is 256 g/mol. The first-order valence-electron chi connectivity index (χ1n) is 7.78. The second-order valence-electron chi connectivity index (χ2n) is 6.93. The number of furan rings is 1. The first-order chi connectivity index (χ1) is 9.85. The molecule has 1 aromatic heterocycles. The Morgan fingerprint density at radius 3 is 2.29 bits per heavy atom. The molecule has 0 fully saturated rings. The van der Waals surface area contributed by atoms with Gasteiger partial charge in [0.15, 0.2) is 0 Å². The van der Waals surface area contributed by atoms with Gasteiger partial charge in [-0.2, -0.15) is 0 Å². The van der Waals surface area contributed by atoms with Gasteiger partial charge in [-0.1, -0.05) is 39.0 Å². The molecule has 0 unspecified atom stereocenters. The van der Waals surface area contributed by atoms with E-state index in [0.29, 0.717) is 0 Å². The molecule has 0 spiro atoms. The maximum absolute atomic E-state index is 6.34. The maximum atomic E-state index is 6.34. The summed E-state index contributed by atoms with van der Waals surface area (Å²) in [4.78, 5) is 0. The second-order valence-corrected chi connectivity index (χ2v) is 6.93. The molecule has 0 amide bonds. The van der Waals surface area contributed by atoms with E-state index >= 15 is 0 Å². The van der Waals surface area contributed by atoms with E-state index in [2.05, 4.69) is 65.8 Å². The van der Waals surface area contributed by atoms with Crippen LogP contribution >= 0.6 is 0 Å². The van der Waals surface area contributed by atoms with E-state index in [0.717, 1.165) is 17.6 Å². The van der Waals surface area contributed by atoms with Crippen molar-refractivity contribution in [1.82, 2.24) is 0 Å². The van der Waals surface area contributed by atoms with E-state index in [1.54, 1.807) is 0 Å². The third-order valence-corrected chi connectivity index (χ3v) is 4.84. The minimum absolute atomic E-state index is 0.125. The zero-order valence-electron chi connectivity index (χ0n) is 13.9. The summed E-state index contributed by atoms with van der Waals surface area (Å²) < 4.78 is 6.34. The van der Waals surface area contributed by atoms with Crippen LogP contribution in [0, 0.1) is 20.8 Å². The van der Waals surface area contributed by atoms with Crippen molar-refractivity contribution in [2.24, 2.45) is 0 Å². The Morgan fingerprint density at radius 1 is 0.905 bits per heavy atom. The molecule has 0 saturated heterocycles. The van der Waals surface area contributed by atoms with E-state index in [1.165, 1.54) is 33.0 Å². The van der Waals surface area contributed by atoms with Gasteiger partial charge in [-0.05, 0) is 55.4 Å². The van der Waals surface area contributed by atoms with Gasteiger partial charge in [-0.25, -0.2) is 0 Å². The third kappa shape index (κ3) is 2.07. The number of benzene rings is 2. The largest absolute Gasteiger partial charge is 0.455 e. The highest BCUT2D eigenvalue weighted by Crippen LogP contribution is 2.40. The molecule has 0 aliphatic carbocycles. The molecular formula is C20H24O. The highest BCUT2D eigenvalue weighted by atomic mass is 16.3.